The maximum atomic E-state index is 10.8. The highest BCUT2D eigenvalue weighted by atomic mass is 79.9. The summed E-state index contributed by atoms with van der Waals surface area (Å²) in [6.07, 6.45) is 0.860. The highest BCUT2D eigenvalue weighted by Gasteiger charge is 2.15. The Morgan fingerprint density at radius 3 is 2.81 bits per heavy atom. The molecule has 112 valence electrons. The van der Waals surface area contributed by atoms with Gasteiger partial charge in [0.15, 0.2) is 0 Å². The summed E-state index contributed by atoms with van der Waals surface area (Å²) in [4.78, 5) is 12.6. The molecule has 0 aliphatic heterocycles. The monoisotopic (exact) mass is 353 g/mol. The third-order valence-corrected chi connectivity index (χ3v) is 3.52. The van der Waals surface area contributed by atoms with Crippen LogP contribution in [0.2, 0.25) is 0 Å². The first-order chi connectivity index (χ1) is 10.1. The van der Waals surface area contributed by atoms with Crippen molar-refractivity contribution in [2.75, 3.05) is 13.1 Å². The van der Waals surface area contributed by atoms with Crippen LogP contribution in [0.4, 0.5) is 0 Å². The summed E-state index contributed by atoms with van der Waals surface area (Å²) in [6.45, 7) is 2.95. The van der Waals surface area contributed by atoms with Crippen LogP contribution in [0.1, 0.15) is 19.2 Å². The van der Waals surface area contributed by atoms with E-state index in [0.717, 1.165) is 16.5 Å². The van der Waals surface area contributed by atoms with E-state index >= 15 is 0 Å². The molecule has 2 aromatic rings. The van der Waals surface area contributed by atoms with E-state index in [0.29, 0.717) is 24.9 Å². The van der Waals surface area contributed by atoms with E-state index in [1.54, 1.807) is 4.90 Å². The minimum atomic E-state index is -0.867. The van der Waals surface area contributed by atoms with E-state index < -0.39 is 5.97 Å². The molecular formula is C14H16BrN3O3. The van der Waals surface area contributed by atoms with Gasteiger partial charge in [0.05, 0.1) is 18.7 Å². The summed E-state index contributed by atoms with van der Waals surface area (Å²) in [5.74, 6) is -0.0336. The number of carboxylic acid groups (broad SMARTS) is 1. The lowest BCUT2D eigenvalue weighted by Crippen LogP contribution is -2.30. The molecular weight excluding hydrogens is 338 g/mol. The number of aromatic nitrogens is 2. The van der Waals surface area contributed by atoms with E-state index in [-0.39, 0.29) is 6.54 Å². The fraction of sp³-hybridized carbons (Fsp3) is 0.357. The second-order valence-corrected chi connectivity index (χ2v) is 5.44. The Hall–Kier alpha value is -1.73. The summed E-state index contributed by atoms with van der Waals surface area (Å²) in [7, 11) is 0. The van der Waals surface area contributed by atoms with Crippen molar-refractivity contribution in [1.29, 1.82) is 0 Å². The quantitative estimate of drug-likeness (QED) is 0.824. The second-order valence-electron chi connectivity index (χ2n) is 4.59. The standard InChI is InChI=1S/C14H16BrN3O3/c1-2-7-18(9-13(19)20)8-12-16-17-14(21-12)10-5-3-4-6-11(10)15/h3-6H,2,7-9H2,1H3,(H,19,20). The van der Waals surface area contributed by atoms with Gasteiger partial charge in [0.1, 0.15) is 0 Å². The van der Waals surface area contributed by atoms with Crippen molar-refractivity contribution in [3.8, 4) is 11.5 Å². The Morgan fingerprint density at radius 1 is 1.38 bits per heavy atom. The van der Waals surface area contributed by atoms with Crippen LogP contribution in [0.5, 0.6) is 0 Å². The Kier molecular flexibility index (Phi) is 5.46. The van der Waals surface area contributed by atoms with Gasteiger partial charge in [-0.05, 0) is 41.0 Å². The molecule has 7 heteroatoms. The average molecular weight is 354 g/mol. The third-order valence-electron chi connectivity index (χ3n) is 2.83. The maximum absolute atomic E-state index is 10.8. The molecule has 0 aliphatic carbocycles. The predicted molar refractivity (Wildman–Crippen MR) is 80.6 cm³/mol. The molecule has 0 saturated carbocycles. The van der Waals surface area contributed by atoms with Crippen molar-refractivity contribution in [3.05, 3.63) is 34.6 Å². The number of halogens is 1. The minimum Gasteiger partial charge on any atom is -0.480 e. The molecule has 0 atom stereocenters. The molecule has 0 saturated heterocycles. The average Bonchev–Trinajstić information content (AvgIpc) is 2.87. The van der Waals surface area contributed by atoms with E-state index in [4.69, 9.17) is 9.52 Å². The van der Waals surface area contributed by atoms with E-state index in [2.05, 4.69) is 26.1 Å². The Balaban J connectivity index is 2.12. The molecule has 0 aliphatic rings. The first-order valence-electron chi connectivity index (χ1n) is 6.61. The number of aliphatic carboxylic acids is 1. The zero-order chi connectivity index (χ0) is 15.2. The molecule has 21 heavy (non-hydrogen) atoms. The van der Waals surface area contributed by atoms with Gasteiger partial charge in [-0.3, -0.25) is 9.69 Å². The van der Waals surface area contributed by atoms with E-state index in [1.165, 1.54) is 0 Å². The van der Waals surface area contributed by atoms with Crippen LogP contribution in [0, 0.1) is 0 Å². The molecule has 0 amide bonds. The number of hydrogen-bond acceptors (Lipinski definition) is 5. The van der Waals surface area contributed by atoms with Crippen LogP contribution in [-0.2, 0) is 11.3 Å². The van der Waals surface area contributed by atoms with Crippen molar-refractivity contribution < 1.29 is 14.3 Å². The molecule has 0 bridgehead atoms. The molecule has 0 spiro atoms. The summed E-state index contributed by atoms with van der Waals surface area (Å²) < 4.78 is 6.49. The maximum Gasteiger partial charge on any atom is 0.317 e. The van der Waals surface area contributed by atoms with Crippen LogP contribution in [-0.4, -0.2) is 39.3 Å². The molecule has 6 nitrogen and oxygen atoms in total. The topological polar surface area (TPSA) is 79.5 Å². The zero-order valence-corrected chi connectivity index (χ0v) is 13.2. The Morgan fingerprint density at radius 2 is 2.14 bits per heavy atom. The Labute approximate surface area is 130 Å². The molecule has 0 fully saturated rings. The van der Waals surface area contributed by atoms with Crippen molar-refractivity contribution in [3.63, 3.8) is 0 Å². The summed E-state index contributed by atoms with van der Waals surface area (Å²) in [5.41, 5.74) is 0.816. The van der Waals surface area contributed by atoms with Gasteiger partial charge in [0.25, 0.3) is 0 Å². The SMILES string of the molecule is CCCN(CC(=O)O)Cc1nnc(-c2ccccc2Br)o1. The molecule has 2 rings (SSSR count). The zero-order valence-electron chi connectivity index (χ0n) is 11.6. The molecule has 1 aromatic heterocycles. The summed E-state index contributed by atoms with van der Waals surface area (Å²) in [5, 5.41) is 16.9. The lowest BCUT2D eigenvalue weighted by atomic mass is 10.2. The van der Waals surface area contributed by atoms with Crippen LogP contribution < -0.4 is 0 Å². The fourth-order valence-electron chi connectivity index (χ4n) is 1.97. The molecule has 0 unspecified atom stereocenters. The largest absolute Gasteiger partial charge is 0.480 e. The van der Waals surface area contributed by atoms with Crippen LogP contribution in [0.15, 0.2) is 33.2 Å². The van der Waals surface area contributed by atoms with Crippen LogP contribution in [0.3, 0.4) is 0 Å². The number of nitrogens with zero attached hydrogens (tertiary/aromatic N) is 3. The minimum absolute atomic E-state index is 0.0411. The first kappa shape index (κ1) is 15.7. The molecule has 0 radical (unpaired) electrons. The van der Waals surface area contributed by atoms with E-state index in [1.807, 2.05) is 31.2 Å². The Bertz CT molecular complexity index is 615. The van der Waals surface area contributed by atoms with E-state index in [9.17, 15) is 4.79 Å². The lowest BCUT2D eigenvalue weighted by Gasteiger charge is -2.16. The normalized spacial score (nSPS) is 11.0. The van der Waals surface area contributed by atoms with Gasteiger partial charge >= 0.3 is 5.97 Å². The summed E-state index contributed by atoms with van der Waals surface area (Å²) >= 11 is 3.43. The van der Waals surface area contributed by atoms with Gasteiger partial charge in [-0.1, -0.05) is 19.1 Å². The molecule has 1 N–H and O–H groups in total. The predicted octanol–water partition coefficient (Wildman–Crippen LogP) is 2.80. The third kappa shape index (κ3) is 4.37. The van der Waals surface area contributed by atoms with Gasteiger partial charge in [0, 0.05) is 4.47 Å². The molecule has 1 aromatic carbocycles. The number of rotatable bonds is 7. The molecule has 1 heterocycles. The lowest BCUT2D eigenvalue weighted by molar-refractivity contribution is -0.138. The second kappa shape index (κ2) is 7.33. The number of carbonyl (C=O) groups is 1. The fourth-order valence-corrected chi connectivity index (χ4v) is 2.43. The number of benzene rings is 1. The number of hydrogen-bond donors (Lipinski definition) is 1. The number of carboxylic acids is 1. The highest BCUT2D eigenvalue weighted by Crippen LogP contribution is 2.26. The van der Waals surface area contributed by atoms with Crippen LogP contribution in [0.25, 0.3) is 11.5 Å². The van der Waals surface area contributed by atoms with Gasteiger partial charge < -0.3 is 9.52 Å². The van der Waals surface area contributed by atoms with Crippen molar-refractivity contribution in [1.82, 2.24) is 15.1 Å². The van der Waals surface area contributed by atoms with Crippen LogP contribution >= 0.6 is 15.9 Å². The highest BCUT2D eigenvalue weighted by molar-refractivity contribution is 9.10. The van der Waals surface area contributed by atoms with Gasteiger partial charge in [0.2, 0.25) is 11.8 Å². The van der Waals surface area contributed by atoms with Gasteiger partial charge in [-0.25, -0.2) is 0 Å². The van der Waals surface area contributed by atoms with Gasteiger partial charge in [-0.2, -0.15) is 0 Å². The van der Waals surface area contributed by atoms with Crippen molar-refractivity contribution >= 4 is 21.9 Å². The van der Waals surface area contributed by atoms with Crippen molar-refractivity contribution in [2.24, 2.45) is 0 Å². The van der Waals surface area contributed by atoms with Crippen molar-refractivity contribution in [2.45, 2.75) is 19.9 Å². The first-order valence-corrected chi connectivity index (χ1v) is 7.41. The summed E-state index contributed by atoms with van der Waals surface area (Å²) in [6, 6.07) is 7.56. The smallest absolute Gasteiger partial charge is 0.317 e. The van der Waals surface area contributed by atoms with Gasteiger partial charge in [-0.15, -0.1) is 10.2 Å².